The second kappa shape index (κ2) is 8.02. The summed E-state index contributed by atoms with van der Waals surface area (Å²) in [6, 6.07) is 15.3. The van der Waals surface area contributed by atoms with Crippen LogP contribution in [0.3, 0.4) is 0 Å². The number of methoxy groups -OCH3 is 3. The molecule has 1 atom stereocenters. The van der Waals surface area contributed by atoms with E-state index in [0.29, 0.717) is 0 Å². The average Bonchev–Trinajstić information content (AvgIpc) is 2.62. The number of halogens is 1. The van der Waals surface area contributed by atoms with Gasteiger partial charge in [-0.25, -0.2) is 0 Å². The van der Waals surface area contributed by atoms with Gasteiger partial charge in [-0.1, -0.05) is 40.2 Å². The predicted octanol–water partition coefficient (Wildman–Crippen LogP) is 3.77. The van der Waals surface area contributed by atoms with Crippen molar-refractivity contribution in [2.45, 2.75) is 10.7 Å². The molecule has 0 spiro atoms. The molecule has 0 N–H and O–H groups in total. The Morgan fingerprint density at radius 3 is 1.52 bits per heavy atom. The number of ether oxygens (including phenoxy) is 3. The zero-order chi connectivity index (χ0) is 16.8. The van der Waals surface area contributed by atoms with Crippen LogP contribution >= 0.6 is 15.9 Å². The van der Waals surface area contributed by atoms with E-state index in [1.165, 1.54) is 7.11 Å². The molecule has 4 nitrogen and oxygen atoms in total. The van der Waals surface area contributed by atoms with Crippen LogP contribution in [0.1, 0.15) is 17.0 Å². The van der Waals surface area contributed by atoms with Crippen molar-refractivity contribution in [2.75, 3.05) is 21.3 Å². The standard InChI is InChI=1S/C18H19BrO4/c1-21-14-8-4-12(5-9-14)16(17(19)18(20)23-3)13-6-10-15(22-2)11-7-13/h4-11,16-17H,1-3H3/t17-/m0/s1. The average molecular weight is 379 g/mol. The lowest BCUT2D eigenvalue weighted by Gasteiger charge is -2.22. The summed E-state index contributed by atoms with van der Waals surface area (Å²) in [7, 11) is 4.63. The Morgan fingerprint density at radius 1 is 0.826 bits per heavy atom. The van der Waals surface area contributed by atoms with Crippen molar-refractivity contribution >= 4 is 21.9 Å². The van der Waals surface area contributed by atoms with Crippen LogP contribution in [-0.2, 0) is 9.53 Å². The van der Waals surface area contributed by atoms with E-state index in [2.05, 4.69) is 15.9 Å². The maximum atomic E-state index is 12.0. The van der Waals surface area contributed by atoms with Crippen LogP contribution in [0.15, 0.2) is 48.5 Å². The molecule has 5 heteroatoms. The highest BCUT2D eigenvalue weighted by atomic mass is 79.9. The van der Waals surface area contributed by atoms with Crippen molar-refractivity contribution < 1.29 is 19.0 Å². The molecule has 0 aliphatic heterocycles. The summed E-state index contributed by atoms with van der Waals surface area (Å²) in [5.74, 6) is 1.04. The minimum Gasteiger partial charge on any atom is -0.497 e. The molecule has 2 rings (SSSR count). The number of rotatable bonds is 6. The molecule has 0 saturated carbocycles. The molecule has 0 aliphatic carbocycles. The Morgan fingerprint density at radius 2 is 1.22 bits per heavy atom. The van der Waals surface area contributed by atoms with Crippen LogP contribution in [-0.4, -0.2) is 32.1 Å². The molecular formula is C18H19BrO4. The summed E-state index contributed by atoms with van der Waals surface area (Å²) < 4.78 is 15.3. The fourth-order valence-electron chi connectivity index (χ4n) is 2.40. The maximum Gasteiger partial charge on any atom is 0.320 e. The predicted molar refractivity (Wildman–Crippen MR) is 92.6 cm³/mol. The summed E-state index contributed by atoms with van der Waals surface area (Å²) in [6.07, 6.45) is 0. The van der Waals surface area contributed by atoms with Gasteiger partial charge in [0.2, 0.25) is 0 Å². The Labute approximate surface area is 144 Å². The fraction of sp³-hybridized carbons (Fsp3) is 0.278. The molecule has 0 aromatic heterocycles. The summed E-state index contributed by atoms with van der Waals surface area (Å²) >= 11 is 3.48. The van der Waals surface area contributed by atoms with Gasteiger partial charge in [-0.05, 0) is 35.4 Å². The van der Waals surface area contributed by atoms with Crippen LogP contribution in [0.4, 0.5) is 0 Å². The van der Waals surface area contributed by atoms with Gasteiger partial charge in [-0.2, -0.15) is 0 Å². The van der Waals surface area contributed by atoms with E-state index in [1.54, 1.807) is 14.2 Å². The fourth-order valence-corrected chi connectivity index (χ4v) is 3.20. The number of carbonyl (C=O) groups is 1. The largest absolute Gasteiger partial charge is 0.497 e. The van der Waals surface area contributed by atoms with E-state index in [9.17, 15) is 4.79 Å². The number of benzene rings is 2. The Bertz CT molecular complexity index is 590. The molecule has 122 valence electrons. The number of alkyl halides is 1. The monoisotopic (exact) mass is 378 g/mol. The van der Waals surface area contributed by atoms with E-state index in [1.807, 2.05) is 48.5 Å². The molecule has 0 saturated heterocycles. The van der Waals surface area contributed by atoms with E-state index in [-0.39, 0.29) is 11.9 Å². The van der Waals surface area contributed by atoms with Gasteiger partial charge in [0.25, 0.3) is 0 Å². The van der Waals surface area contributed by atoms with Crippen LogP contribution in [0.2, 0.25) is 0 Å². The molecule has 0 amide bonds. The number of esters is 1. The minimum atomic E-state index is -0.491. The number of hydrogen-bond acceptors (Lipinski definition) is 4. The lowest BCUT2D eigenvalue weighted by Crippen LogP contribution is -2.24. The lowest BCUT2D eigenvalue weighted by atomic mass is 9.88. The highest BCUT2D eigenvalue weighted by molar-refractivity contribution is 9.10. The smallest absolute Gasteiger partial charge is 0.320 e. The first-order chi connectivity index (χ1) is 11.1. The maximum absolute atomic E-state index is 12.0. The van der Waals surface area contributed by atoms with Gasteiger partial charge in [0.1, 0.15) is 16.3 Å². The first-order valence-corrected chi connectivity index (χ1v) is 8.02. The molecule has 0 fully saturated rings. The van der Waals surface area contributed by atoms with E-state index >= 15 is 0 Å². The molecule has 2 aromatic rings. The van der Waals surface area contributed by atoms with Crippen LogP contribution in [0, 0.1) is 0 Å². The van der Waals surface area contributed by atoms with Crippen molar-refractivity contribution in [3.63, 3.8) is 0 Å². The normalized spacial score (nSPS) is 11.9. The highest BCUT2D eigenvalue weighted by Gasteiger charge is 2.29. The van der Waals surface area contributed by atoms with Crippen LogP contribution in [0.5, 0.6) is 11.5 Å². The van der Waals surface area contributed by atoms with E-state index in [4.69, 9.17) is 14.2 Å². The molecule has 0 unspecified atom stereocenters. The molecule has 0 radical (unpaired) electrons. The second-order valence-electron chi connectivity index (χ2n) is 4.95. The van der Waals surface area contributed by atoms with Crippen molar-refractivity contribution in [1.82, 2.24) is 0 Å². The van der Waals surface area contributed by atoms with Crippen molar-refractivity contribution in [3.8, 4) is 11.5 Å². The Balaban J connectivity index is 2.42. The van der Waals surface area contributed by atoms with Gasteiger partial charge in [0.15, 0.2) is 0 Å². The van der Waals surface area contributed by atoms with Gasteiger partial charge >= 0.3 is 5.97 Å². The third kappa shape index (κ3) is 4.05. The first kappa shape index (κ1) is 17.3. The summed E-state index contributed by atoms with van der Waals surface area (Å²) in [6.45, 7) is 0. The molecule has 0 heterocycles. The SMILES string of the molecule is COC(=O)[C@@H](Br)C(c1ccc(OC)cc1)c1ccc(OC)cc1. The number of carbonyl (C=O) groups excluding carboxylic acids is 1. The molecule has 0 bridgehead atoms. The summed E-state index contributed by atoms with van der Waals surface area (Å²) in [5, 5.41) is 0. The zero-order valence-corrected chi connectivity index (χ0v) is 14.9. The first-order valence-electron chi connectivity index (χ1n) is 7.10. The highest BCUT2D eigenvalue weighted by Crippen LogP contribution is 2.34. The van der Waals surface area contributed by atoms with Crippen molar-refractivity contribution in [1.29, 1.82) is 0 Å². The van der Waals surface area contributed by atoms with Crippen molar-refractivity contribution in [2.24, 2.45) is 0 Å². The van der Waals surface area contributed by atoms with Gasteiger partial charge in [0, 0.05) is 5.92 Å². The second-order valence-corrected chi connectivity index (χ2v) is 5.94. The van der Waals surface area contributed by atoms with E-state index < -0.39 is 4.83 Å². The van der Waals surface area contributed by atoms with Crippen molar-refractivity contribution in [3.05, 3.63) is 59.7 Å². The zero-order valence-electron chi connectivity index (χ0n) is 13.3. The van der Waals surface area contributed by atoms with Gasteiger partial charge < -0.3 is 14.2 Å². The minimum absolute atomic E-state index is 0.181. The quantitative estimate of drug-likeness (QED) is 0.566. The van der Waals surface area contributed by atoms with Gasteiger partial charge in [0.05, 0.1) is 21.3 Å². The Hall–Kier alpha value is -2.01. The van der Waals surface area contributed by atoms with Crippen LogP contribution in [0.25, 0.3) is 0 Å². The van der Waals surface area contributed by atoms with Crippen LogP contribution < -0.4 is 9.47 Å². The van der Waals surface area contributed by atoms with Gasteiger partial charge in [-0.3, -0.25) is 4.79 Å². The third-order valence-electron chi connectivity index (χ3n) is 3.67. The lowest BCUT2D eigenvalue weighted by molar-refractivity contribution is -0.140. The van der Waals surface area contributed by atoms with Gasteiger partial charge in [-0.15, -0.1) is 0 Å². The third-order valence-corrected chi connectivity index (χ3v) is 4.57. The number of hydrogen-bond donors (Lipinski definition) is 0. The molecular weight excluding hydrogens is 360 g/mol. The van der Waals surface area contributed by atoms with E-state index in [0.717, 1.165) is 22.6 Å². The summed E-state index contributed by atoms with van der Waals surface area (Å²) in [5.41, 5.74) is 1.98. The molecule has 2 aromatic carbocycles. The topological polar surface area (TPSA) is 44.8 Å². The molecule has 0 aliphatic rings. The summed E-state index contributed by atoms with van der Waals surface area (Å²) in [4.78, 5) is 11.5. The Kier molecular flexibility index (Phi) is 6.04. The molecule has 23 heavy (non-hydrogen) atoms.